The Hall–Kier alpha value is -2.28. The van der Waals surface area contributed by atoms with Gasteiger partial charge in [0.15, 0.2) is 0 Å². The van der Waals surface area contributed by atoms with Crippen LogP contribution in [-0.2, 0) is 4.79 Å². The van der Waals surface area contributed by atoms with Crippen LogP contribution in [0.4, 0.5) is 0 Å². The van der Waals surface area contributed by atoms with Crippen LogP contribution in [0.2, 0.25) is 0 Å². The Morgan fingerprint density at radius 2 is 1.88 bits per heavy atom. The van der Waals surface area contributed by atoms with Crippen LogP contribution in [-0.4, -0.2) is 21.2 Å². The van der Waals surface area contributed by atoms with Crippen LogP contribution in [0, 0.1) is 0 Å². The summed E-state index contributed by atoms with van der Waals surface area (Å²) in [6.45, 7) is 0. The van der Waals surface area contributed by atoms with E-state index in [1.54, 1.807) is 16.8 Å². The number of hydrogen-bond acceptors (Lipinski definition) is 5. The van der Waals surface area contributed by atoms with E-state index in [1.165, 1.54) is 0 Å². The van der Waals surface area contributed by atoms with Gasteiger partial charge < -0.3 is 5.11 Å². The third-order valence-electron chi connectivity index (χ3n) is 4.09. The predicted molar refractivity (Wildman–Crippen MR) is 98.4 cm³/mol. The molecule has 3 N–H and O–H groups in total. The minimum Gasteiger partial charge on any atom is -0.388 e. The predicted octanol–water partition coefficient (Wildman–Crippen LogP) is 4.06. The summed E-state index contributed by atoms with van der Waals surface area (Å²) in [4.78, 5) is 15.6. The molecule has 1 atom stereocenters. The Morgan fingerprint density at radius 1 is 1.12 bits per heavy atom. The number of thiazole rings is 1. The molecule has 3 rings (SSSR count). The number of carbonyl (C=O) groups excluding carboxylic acids is 1. The highest BCUT2D eigenvalue weighted by atomic mass is 32.1. The zero-order chi connectivity index (χ0) is 17.6. The average molecular weight is 356 g/mol. The molecule has 25 heavy (non-hydrogen) atoms. The van der Waals surface area contributed by atoms with Crippen LogP contribution in [0.1, 0.15) is 37.4 Å². The highest BCUT2D eigenvalue weighted by Gasteiger charge is 2.10. The third-order valence-corrected chi connectivity index (χ3v) is 5.18. The Kier molecular flexibility index (Phi) is 5.75. The first-order valence-corrected chi connectivity index (χ1v) is 9.06. The molecule has 6 heteroatoms. The van der Waals surface area contributed by atoms with Gasteiger partial charge in [0.2, 0.25) is 5.91 Å². The van der Waals surface area contributed by atoms with Crippen molar-refractivity contribution < 1.29 is 15.1 Å². The maximum atomic E-state index is 10.9. The van der Waals surface area contributed by atoms with Crippen LogP contribution < -0.4 is 5.48 Å². The van der Waals surface area contributed by atoms with Crippen molar-refractivity contribution in [3.63, 3.8) is 0 Å². The molecule has 0 bridgehead atoms. The standard InChI is InChI=1S/C19H20N2O3S/c22-16(6-2-4-8-18(23)21-24)13-9-11-14(12-10-13)19-20-15-5-1-3-7-17(15)25-19/h1,3,5,7,9-12,16,22,24H,2,4,6,8H2,(H,21,23). The summed E-state index contributed by atoms with van der Waals surface area (Å²) < 4.78 is 1.16. The molecule has 0 radical (unpaired) electrons. The maximum Gasteiger partial charge on any atom is 0.243 e. The van der Waals surface area contributed by atoms with Crippen molar-refractivity contribution in [2.24, 2.45) is 0 Å². The zero-order valence-electron chi connectivity index (χ0n) is 13.7. The fraction of sp³-hybridized carbons (Fsp3) is 0.263. The van der Waals surface area contributed by atoms with Crippen molar-refractivity contribution in [3.8, 4) is 10.6 Å². The van der Waals surface area contributed by atoms with Crippen molar-refractivity contribution in [3.05, 3.63) is 54.1 Å². The molecule has 1 aromatic heterocycles. The number of rotatable bonds is 7. The topological polar surface area (TPSA) is 82.5 Å². The van der Waals surface area contributed by atoms with Gasteiger partial charge in [-0.2, -0.15) is 0 Å². The van der Waals surface area contributed by atoms with Crippen molar-refractivity contribution in [2.45, 2.75) is 31.8 Å². The van der Waals surface area contributed by atoms with Gasteiger partial charge in [-0.05, 0) is 30.5 Å². The van der Waals surface area contributed by atoms with Gasteiger partial charge in [0.1, 0.15) is 5.01 Å². The first-order valence-electron chi connectivity index (χ1n) is 8.24. The van der Waals surface area contributed by atoms with Crippen LogP contribution in [0.15, 0.2) is 48.5 Å². The summed E-state index contributed by atoms with van der Waals surface area (Å²) in [6, 6.07) is 15.9. The first-order chi connectivity index (χ1) is 12.2. The number of aromatic nitrogens is 1. The SMILES string of the molecule is O=C(CCCCC(O)c1ccc(-c2nc3ccccc3s2)cc1)NO. The van der Waals surface area contributed by atoms with Crippen molar-refractivity contribution in [1.29, 1.82) is 0 Å². The number of benzene rings is 2. The Morgan fingerprint density at radius 3 is 2.60 bits per heavy atom. The summed E-state index contributed by atoms with van der Waals surface area (Å²) >= 11 is 1.65. The Bertz CT molecular complexity index is 812. The number of para-hydroxylation sites is 1. The molecule has 1 unspecified atom stereocenters. The van der Waals surface area contributed by atoms with Gasteiger partial charge in [-0.3, -0.25) is 10.0 Å². The van der Waals surface area contributed by atoms with Gasteiger partial charge in [-0.1, -0.05) is 42.8 Å². The number of carbonyl (C=O) groups is 1. The summed E-state index contributed by atoms with van der Waals surface area (Å²) in [6.07, 6.45) is 1.64. The van der Waals surface area contributed by atoms with E-state index < -0.39 is 12.0 Å². The van der Waals surface area contributed by atoms with E-state index in [0.717, 1.165) is 26.4 Å². The van der Waals surface area contributed by atoms with Gasteiger partial charge in [-0.15, -0.1) is 11.3 Å². The van der Waals surface area contributed by atoms with E-state index >= 15 is 0 Å². The summed E-state index contributed by atoms with van der Waals surface area (Å²) in [5, 5.41) is 19.7. The fourth-order valence-electron chi connectivity index (χ4n) is 2.69. The van der Waals surface area contributed by atoms with E-state index in [4.69, 9.17) is 5.21 Å². The van der Waals surface area contributed by atoms with Gasteiger partial charge in [0, 0.05) is 12.0 Å². The summed E-state index contributed by atoms with van der Waals surface area (Å²) in [7, 11) is 0. The monoisotopic (exact) mass is 356 g/mol. The van der Waals surface area contributed by atoms with Gasteiger partial charge in [0.25, 0.3) is 0 Å². The second kappa shape index (κ2) is 8.20. The molecule has 0 spiro atoms. The number of nitrogens with zero attached hydrogens (tertiary/aromatic N) is 1. The number of hydroxylamine groups is 1. The van der Waals surface area contributed by atoms with Crippen LogP contribution in [0.3, 0.4) is 0 Å². The van der Waals surface area contributed by atoms with Crippen molar-refractivity contribution in [1.82, 2.24) is 10.5 Å². The van der Waals surface area contributed by atoms with E-state index in [1.807, 2.05) is 42.5 Å². The largest absolute Gasteiger partial charge is 0.388 e. The van der Waals surface area contributed by atoms with E-state index in [0.29, 0.717) is 19.3 Å². The zero-order valence-corrected chi connectivity index (χ0v) is 14.5. The summed E-state index contributed by atoms with van der Waals surface area (Å²) in [5.41, 5.74) is 4.50. The highest BCUT2D eigenvalue weighted by Crippen LogP contribution is 2.31. The molecule has 0 aliphatic heterocycles. The van der Waals surface area contributed by atoms with E-state index in [9.17, 15) is 9.90 Å². The molecule has 1 amide bonds. The molecule has 0 aliphatic carbocycles. The summed E-state index contributed by atoms with van der Waals surface area (Å²) in [5.74, 6) is -0.394. The van der Waals surface area contributed by atoms with E-state index in [-0.39, 0.29) is 6.42 Å². The normalized spacial score (nSPS) is 12.2. The second-order valence-electron chi connectivity index (χ2n) is 5.91. The minimum absolute atomic E-state index is 0.264. The molecule has 0 aliphatic rings. The van der Waals surface area contributed by atoms with E-state index in [2.05, 4.69) is 11.1 Å². The number of hydrogen-bond donors (Lipinski definition) is 3. The molecule has 5 nitrogen and oxygen atoms in total. The fourth-order valence-corrected chi connectivity index (χ4v) is 3.66. The molecule has 0 saturated carbocycles. The quantitative estimate of drug-likeness (QED) is 0.339. The number of aliphatic hydroxyl groups excluding tert-OH is 1. The molecule has 1 heterocycles. The molecule has 3 aromatic rings. The molecule has 2 aromatic carbocycles. The van der Waals surface area contributed by atoms with Crippen LogP contribution in [0.5, 0.6) is 0 Å². The number of nitrogens with one attached hydrogen (secondary N) is 1. The first kappa shape index (κ1) is 17.5. The molecule has 0 saturated heterocycles. The maximum absolute atomic E-state index is 10.9. The second-order valence-corrected chi connectivity index (χ2v) is 6.94. The lowest BCUT2D eigenvalue weighted by molar-refractivity contribution is -0.129. The highest BCUT2D eigenvalue weighted by molar-refractivity contribution is 7.21. The molecular weight excluding hydrogens is 336 g/mol. The van der Waals surface area contributed by atoms with Crippen LogP contribution >= 0.6 is 11.3 Å². The number of unbranched alkanes of at least 4 members (excludes halogenated alkanes) is 1. The lowest BCUT2D eigenvalue weighted by Gasteiger charge is -2.11. The molecular formula is C19H20N2O3S. The number of amides is 1. The van der Waals surface area contributed by atoms with Crippen LogP contribution in [0.25, 0.3) is 20.8 Å². The number of aliphatic hydroxyl groups is 1. The minimum atomic E-state index is -0.554. The van der Waals surface area contributed by atoms with Gasteiger partial charge in [-0.25, -0.2) is 10.5 Å². The Labute approximate surface area is 149 Å². The smallest absolute Gasteiger partial charge is 0.243 e. The average Bonchev–Trinajstić information content (AvgIpc) is 3.09. The third kappa shape index (κ3) is 4.42. The lowest BCUT2D eigenvalue weighted by atomic mass is 10.0. The lowest BCUT2D eigenvalue weighted by Crippen LogP contribution is -2.17. The number of fused-ring (bicyclic) bond motifs is 1. The van der Waals surface area contributed by atoms with Gasteiger partial charge >= 0.3 is 0 Å². The van der Waals surface area contributed by atoms with Gasteiger partial charge in [0.05, 0.1) is 16.3 Å². The Balaban J connectivity index is 1.60. The molecule has 0 fully saturated rings. The van der Waals surface area contributed by atoms with Crippen molar-refractivity contribution in [2.75, 3.05) is 0 Å². The van der Waals surface area contributed by atoms with Crippen molar-refractivity contribution >= 4 is 27.5 Å². The molecule has 130 valence electrons.